The summed E-state index contributed by atoms with van der Waals surface area (Å²) in [6.45, 7) is 2.44. The van der Waals surface area contributed by atoms with E-state index in [0.717, 1.165) is 5.70 Å². The highest BCUT2D eigenvalue weighted by Gasteiger charge is 2.05. The lowest BCUT2D eigenvalue weighted by Gasteiger charge is -2.18. The van der Waals surface area contributed by atoms with Gasteiger partial charge in [-0.3, -0.25) is 4.79 Å². The summed E-state index contributed by atoms with van der Waals surface area (Å²) >= 11 is 0. The van der Waals surface area contributed by atoms with Crippen molar-refractivity contribution in [2.45, 2.75) is 13.3 Å². The molecule has 0 radical (unpaired) electrons. The summed E-state index contributed by atoms with van der Waals surface area (Å²) in [5.41, 5.74) is 0.879. The van der Waals surface area contributed by atoms with Crippen molar-refractivity contribution in [2.24, 2.45) is 0 Å². The molecule has 0 aliphatic heterocycles. The van der Waals surface area contributed by atoms with E-state index in [1.54, 1.807) is 12.2 Å². The fourth-order valence-corrected chi connectivity index (χ4v) is 1.56. The van der Waals surface area contributed by atoms with Crippen molar-refractivity contribution in [3.63, 3.8) is 0 Å². The molecule has 0 aliphatic rings. The number of rotatable bonds is 9. The van der Waals surface area contributed by atoms with Gasteiger partial charge in [-0.15, -0.1) is 0 Å². The molecule has 0 aromatic heterocycles. The molecule has 0 spiro atoms. The lowest BCUT2D eigenvalue weighted by Crippen LogP contribution is -2.27. The predicted octanol–water partition coefficient (Wildman–Crippen LogP) is 1.41. The van der Waals surface area contributed by atoms with Crippen LogP contribution in [0.5, 0.6) is 0 Å². The molecule has 23 heavy (non-hydrogen) atoms. The molecule has 0 bridgehead atoms. The second-order valence-electron chi connectivity index (χ2n) is 4.48. The molecule has 6 nitrogen and oxygen atoms in total. The van der Waals surface area contributed by atoms with E-state index in [1.807, 2.05) is 43.2 Å². The zero-order valence-electron chi connectivity index (χ0n) is 13.5. The number of aliphatic hydroxyl groups is 1. The van der Waals surface area contributed by atoms with Crippen LogP contribution in [0.15, 0.2) is 47.7 Å². The molecule has 2 N–H and O–H groups in total. The summed E-state index contributed by atoms with van der Waals surface area (Å²) in [6.07, 6.45) is 10.8. The number of likely N-dealkylation sites (N-methyl/N-ethyl adjacent to an activating group) is 1. The van der Waals surface area contributed by atoms with Crippen molar-refractivity contribution in [2.75, 3.05) is 26.7 Å². The number of amides is 1. The van der Waals surface area contributed by atoms with Gasteiger partial charge in [-0.1, -0.05) is 18.2 Å². The first kappa shape index (κ1) is 20.2. The van der Waals surface area contributed by atoms with Gasteiger partial charge in [0.15, 0.2) is 0 Å². The summed E-state index contributed by atoms with van der Waals surface area (Å²) < 4.78 is 0. The lowest BCUT2D eigenvalue weighted by atomic mass is 10.2. The van der Waals surface area contributed by atoms with Crippen LogP contribution in [0.1, 0.15) is 13.3 Å². The van der Waals surface area contributed by atoms with Crippen molar-refractivity contribution >= 4 is 5.91 Å². The standard InChI is InChI=1S/C17H22N4O2/c1-3-7-16(21(2)12-6-10-18)9-5-4-8-15(14-19)17(23)20-11-13-22/h3-5,7-9,22H,6,11-13H2,1-2H3,(H,20,23)/b5-4+,7-3-,15-8+,16-9+. The van der Waals surface area contributed by atoms with Gasteiger partial charge in [-0.2, -0.15) is 10.5 Å². The van der Waals surface area contributed by atoms with Crippen LogP contribution in [0.4, 0.5) is 0 Å². The Morgan fingerprint density at radius 2 is 2.00 bits per heavy atom. The number of carbonyl (C=O) groups is 1. The first-order valence-electron chi connectivity index (χ1n) is 7.19. The minimum absolute atomic E-state index is 0.0338. The molecule has 0 aromatic rings. The molecule has 6 heteroatoms. The Morgan fingerprint density at radius 1 is 1.30 bits per heavy atom. The van der Waals surface area contributed by atoms with Crippen LogP contribution in [0, 0.1) is 22.7 Å². The highest BCUT2D eigenvalue weighted by Crippen LogP contribution is 2.05. The number of nitrogens with zero attached hydrogens (tertiary/aromatic N) is 3. The molecular weight excluding hydrogens is 292 g/mol. The van der Waals surface area contributed by atoms with Crippen molar-refractivity contribution < 1.29 is 9.90 Å². The molecule has 0 atom stereocenters. The van der Waals surface area contributed by atoms with Gasteiger partial charge in [-0.25, -0.2) is 0 Å². The smallest absolute Gasteiger partial charge is 0.262 e. The Morgan fingerprint density at radius 3 is 2.57 bits per heavy atom. The van der Waals surface area contributed by atoms with Gasteiger partial charge in [0.25, 0.3) is 5.91 Å². The minimum atomic E-state index is -0.519. The average Bonchev–Trinajstić information content (AvgIpc) is 2.56. The second-order valence-corrected chi connectivity index (χ2v) is 4.48. The molecule has 0 rings (SSSR count). The Bertz CT molecular complexity index is 574. The van der Waals surface area contributed by atoms with E-state index in [0.29, 0.717) is 13.0 Å². The van der Waals surface area contributed by atoms with Crippen LogP contribution in [0.2, 0.25) is 0 Å². The van der Waals surface area contributed by atoms with Crippen molar-refractivity contribution in [1.82, 2.24) is 10.2 Å². The van der Waals surface area contributed by atoms with Gasteiger partial charge in [0.2, 0.25) is 0 Å². The van der Waals surface area contributed by atoms with Crippen LogP contribution in [-0.4, -0.2) is 42.7 Å². The molecule has 0 aliphatic carbocycles. The first-order valence-corrected chi connectivity index (χ1v) is 7.19. The summed E-state index contributed by atoms with van der Waals surface area (Å²) in [6, 6.07) is 3.91. The summed E-state index contributed by atoms with van der Waals surface area (Å²) in [5.74, 6) is -0.519. The Balaban J connectivity index is 4.94. The molecule has 0 aromatic carbocycles. The molecule has 122 valence electrons. The second kappa shape index (κ2) is 12.9. The fourth-order valence-electron chi connectivity index (χ4n) is 1.56. The molecule has 0 saturated carbocycles. The monoisotopic (exact) mass is 314 g/mol. The molecule has 0 heterocycles. The lowest BCUT2D eigenvalue weighted by molar-refractivity contribution is -0.117. The zero-order chi connectivity index (χ0) is 17.5. The maximum atomic E-state index is 11.6. The van der Waals surface area contributed by atoms with Crippen molar-refractivity contribution in [3.05, 3.63) is 47.7 Å². The van der Waals surface area contributed by atoms with Crippen LogP contribution in [0.25, 0.3) is 0 Å². The van der Waals surface area contributed by atoms with E-state index in [9.17, 15) is 4.79 Å². The maximum absolute atomic E-state index is 11.6. The minimum Gasteiger partial charge on any atom is -0.395 e. The van der Waals surface area contributed by atoms with Gasteiger partial charge in [0, 0.05) is 25.8 Å². The summed E-state index contributed by atoms with van der Waals surface area (Å²) in [7, 11) is 1.88. The SMILES string of the molecule is C\C=C/C(=C\C=C\C=C(/C#N)C(=O)NCCO)N(C)CCC#N. The average molecular weight is 314 g/mol. The van der Waals surface area contributed by atoms with Crippen molar-refractivity contribution in [3.8, 4) is 12.1 Å². The third-order valence-corrected chi connectivity index (χ3v) is 2.74. The van der Waals surface area contributed by atoms with Gasteiger partial charge in [-0.05, 0) is 25.2 Å². The third kappa shape index (κ3) is 8.92. The van der Waals surface area contributed by atoms with Crippen LogP contribution < -0.4 is 5.32 Å². The molecule has 1 amide bonds. The zero-order valence-corrected chi connectivity index (χ0v) is 13.5. The maximum Gasteiger partial charge on any atom is 0.262 e. The molecule has 0 unspecified atom stereocenters. The molecular formula is C17H22N4O2. The topological polar surface area (TPSA) is 100 Å². The van der Waals surface area contributed by atoms with Crippen molar-refractivity contribution in [1.29, 1.82) is 10.5 Å². The quantitative estimate of drug-likeness (QED) is 0.381. The summed E-state index contributed by atoms with van der Waals surface area (Å²) in [4.78, 5) is 13.5. The van der Waals surface area contributed by atoms with Gasteiger partial charge in [0.05, 0.1) is 19.1 Å². The van der Waals surface area contributed by atoms with Crippen LogP contribution >= 0.6 is 0 Å². The van der Waals surface area contributed by atoms with Gasteiger partial charge in [0.1, 0.15) is 11.6 Å². The predicted molar refractivity (Wildman–Crippen MR) is 88.7 cm³/mol. The molecule has 0 fully saturated rings. The normalized spacial score (nSPS) is 12.2. The number of nitrogens with one attached hydrogen (secondary N) is 1. The third-order valence-electron chi connectivity index (χ3n) is 2.74. The van der Waals surface area contributed by atoms with E-state index in [4.69, 9.17) is 15.6 Å². The van der Waals surface area contributed by atoms with Crippen LogP contribution in [-0.2, 0) is 4.79 Å². The largest absolute Gasteiger partial charge is 0.395 e. The highest BCUT2D eigenvalue weighted by molar-refractivity contribution is 5.97. The van der Waals surface area contributed by atoms with E-state index in [-0.39, 0.29) is 18.7 Å². The Hall–Kier alpha value is -2.83. The van der Waals surface area contributed by atoms with Gasteiger partial charge >= 0.3 is 0 Å². The highest BCUT2D eigenvalue weighted by atomic mass is 16.3. The van der Waals surface area contributed by atoms with Gasteiger partial charge < -0.3 is 15.3 Å². The fraction of sp³-hybridized carbons (Fsp3) is 0.353. The Labute approximate surface area is 137 Å². The number of allylic oxidation sites excluding steroid dienone is 6. The number of hydrogen-bond donors (Lipinski definition) is 2. The number of hydrogen-bond acceptors (Lipinski definition) is 5. The van der Waals surface area contributed by atoms with E-state index >= 15 is 0 Å². The van der Waals surface area contributed by atoms with E-state index in [2.05, 4.69) is 11.4 Å². The number of nitriles is 2. The number of carbonyl (C=O) groups excluding carboxylic acids is 1. The molecule has 0 saturated heterocycles. The number of aliphatic hydroxyl groups excluding tert-OH is 1. The summed E-state index contributed by atoms with van der Waals surface area (Å²) in [5, 5.41) is 28.6. The van der Waals surface area contributed by atoms with Crippen LogP contribution in [0.3, 0.4) is 0 Å². The Kier molecular flexibility index (Phi) is 11.3. The first-order chi connectivity index (χ1) is 11.1. The van der Waals surface area contributed by atoms with E-state index in [1.165, 1.54) is 6.08 Å². The van der Waals surface area contributed by atoms with E-state index < -0.39 is 5.91 Å².